The number of aromatic nitrogens is 2. The quantitative estimate of drug-likeness (QED) is 0.748. The zero-order valence-electron chi connectivity index (χ0n) is 17.6. The summed E-state index contributed by atoms with van der Waals surface area (Å²) in [6.45, 7) is 2.94. The molecule has 2 aliphatic rings. The molecule has 2 amide bonds. The molecular formula is C21H24F3N5O3. The molecule has 2 aromatic heterocycles. The van der Waals surface area contributed by atoms with Crippen LogP contribution in [0, 0.1) is 5.92 Å². The van der Waals surface area contributed by atoms with Gasteiger partial charge in [-0.3, -0.25) is 9.59 Å². The fourth-order valence-electron chi connectivity index (χ4n) is 4.25. The number of furan rings is 1. The molecule has 32 heavy (non-hydrogen) atoms. The van der Waals surface area contributed by atoms with Crippen LogP contribution in [-0.4, -0.2) is 57.3 Å². The van der Waals surface area contributed by atoms with Gasteiger partial charge in [0.15, 0.2) is 11.5 Å². The van der Waals surface area contributed by atoms with Crippen molar-refractivity contribution in [1.29, 1.82) is 0 Å². The Morgan fingerprint density at radius 2 is 2.16 bits per heavy atom. The molecule has 2 N–H and O–H groups in total. The van der Waals surface area contributed by atoms with Crippen LogP contribution in [0.3, 0.4) is 0 Å². The van der Waals surface area contributed by atoms with Crippen molar-refractivity contribution in [3.63, 3.8) is 0 Å². The Morgan fingerprint density at radius 1 is 1.38 bits per heavy atom. The lowest BCUT2D eigenvalue weighted by molar-refractivity contribution is -0.142. The summed E-state index contributed by atoms with van der Waals surface area (Å²) >= 11 is 0. The Bertz CT molecular complexity index is 1010. The number of nitrogens with zero attached hydrogens (tertiary/aromatic N) is 4. The number of carbonyl (C=O) groups excluding carboxylic acids is 2. The molecule has 2 atom stereocenters. The summed E-state index contributed by atoms with van der Waals surface area (Å²) in [6.07, 6.45) is -1.57. The first-order valence-corrected chi connectivity index (χ1v) is 10.4. The third-order valence-corrected chi connectivity index (χ3v) is 5.77. The van der Waals surface area contributed by atoms with E-state index in [2.05, 4.69) is 9.97 Å². The highest BCUT2D eigenvalue weighted by Gasteiger charge is 2.39. The second-order valence-corrected chi connectivity index (χ2v) is 8.47. The molecule has 0 aliphatic carbocycles. The van der Waals surface area contributed by atoms with Gasteiger partial charge in [-0.1, -0.05) is 6.92 Å². The van der Waals surface area contributed by atoms with E-state index in [4.69, 9.17) is 10.2 Å². The van der Waals surface area contributed by atoms with Crippen molar-refractivity contribution in [2.75, 3.05) is 19.6 Å². The van der Waals surface area contributed by atoms with Crippen LogP contribution in [-0.2, 0) is 28.7 Å². The predicted octanol–water partition coefficient (Wildman–Crippen LogP) is 2.23. The molecule has 4 rings (SSSR count). The highest BCUT2D eigenvalue weighted by Crippen LogP contribution is 2.35. The van der Waals surface area contributed by atoms with Crippen molar-refractivity contribution in [2.24, 2.45) is 11.7 Å². The van der Waals surface area contributed by atoms with Gasteiger partial charge in [-0.25, -0.2) is 9.97 Å². The Kier molecular flexibility index (Phi) is 5.93. The van der Waals surface area contributed by atoms with Gasteiger partial charge in [0, 0.05) is 44.1 Å². The van der Waals surface area contributed by atoms with E-state index in [0.717, 1.165) is 0 Å². The van der Waals surface area contributed by atoms with Gasteiger partial charge < -0.3 is 20.0 Å². The number of carbonyl (C=O) groups is 2. The zero-order chi connectivity index (χ0) is 23.0. The summed E-state index contributed by atoms with van der Waals surface area (Å²) in [6, 6.07) is 0.934. The molecule has 1 saturated heterocycles. The maximum Gasteiger partial charge on any atom is 0.433 e. The molecule has 8 nitrogen and oxygen atoms in total. The van der Waals surface area contributed by atoms with Gasteiger partial charge >= 0.3 is 6.18 Å². The zero-order valence-corrected chi connectivity index (χ0v) is 17.6. The summed E-state index contributed by atoms with van der Waals surface area (Å²) in [4.78, 5) is 35.9. The second-order valence-electron chi connectivity index (χ2n) is 8.47. The molecule has 2 aromatic rings. The van der Waals surface area contributed by atoms with Gasteiger partial charge in [0.05, 0.1) is 24.1 Å². The van der Waals surface area contributed by atoms with Crippen molar-refractivity contribution < 1.29 is 27.2 Å². The van der Waals surface area contributed by atoms with Crippen molar-refractivity contribution in [3.05, 3.63) is 35.5 Å². The molecule has 0 aromatic carbocycles. The van der Waals surface area contributed by atoms with E-state index in [0.29, 0.717) is 18.5 Å². The molecule has 172 valence electrons. The monoisotopic (exact) mass is 451 g/mol. The maximum atomic E-state index is 13.6. The van der Waals surface area contributed by atoms with Crippen LogP contribution < -0.4 is 5.73 Å². The maximum absolute atomic E-state index is 13.6. The summed E-state index contributed by atoms with van der Waals surface area (Å²) < 4.78 is 45.8. The summed E-state index contributed by atoms with van der Waals surface area (Å²) in [5.41, 5.74) is 5.63. The largest absolute Gasteiger partial charge is 0.472 e. The van der Waals surface area contributed by atoms with E-state index >= 15 is 0 Å². The van der Waals surface area contributed by atoms with Gasteiger partial charge in [-0.2, -0.15) is 13.2 Å². The smallest absolute Gasteiger partial charge is 0.433 e. The fraction of sp³-hybridized carbons (Fsp3) is 0.524. The molecule has 0 radical (unpaired) electrons. The molecule has 0 spiro atoms. The molecule has 0 saturated carbocycles. The number of likely N-dealkylation sites (tertiary alicyclic amines) is 1. The van der Waals surface area contributed by atoms with Crippen molar-refractivity contribution in [2.45, 2.75) is 44.9 Å². The van der Waals surface area contributed by atoms with Crippen LogP contribution in [0.4, 0.5) is 13.2 Å². The van der Waals surface area contributed by atoms with Crippen molar-refractivity contribution in [3.8, 4) is 11.4 Å². The standard InChI is InChI=1S/C21H24F3N5O3/c1-12-6-17(30)29(8-12)9-14(25)7-18(31)28-4-2-15-16(10-28)26-20(13-3-5-32-11-13)27-19(15)21(22,23)24/h3,5,11-12,14H,2,4,6-10,25H2,1H3/t12?,14-/m1/s1. The predicted molar refractivity (Wildman–Crippen MR) is 107 cm³/mol. The number of alkyl halides is 3. The van der Waals surface area contributed by atoms with Crippen molar-refractivity contribution >= 4 is 11.8 Å². The number of nitrogens with two attached hydrogens (primary N) is 1. The lowest BCUT2D eigenvalue weighted by atomic mass is 10.0. The van der Waals surface area contributed by atoms with Gasteiger partial charge in [0.25, 0.3) is 0 Å². The third-order valence-electron chi connectivity index (χ3n) is 5.77. The minimum Gasteiger partial charge on any atom is -0.472 e. The van der Waals surface area contributed by atoms with Gasteiger partial charge in [-0.15, -0.1) is 0 Å². The second kappa shape index (κ2) is 8.53. The summed E-state index contributed by atoms with van der Waals surface area (Å²) in [7, 11) is 0. The minimum atomic E-state index is -4.64. The molecule has 4 heterocycles. The van der Waals surface area contributed by atoms with E-state index in [1.165, 1.54) is 23.5 Å². The van der Waals surface area contributed by atoms with Gasteiger partial charge in [-0.05, 0) is 18.4 Å². The highest BCUT2D eigenvalue weighted by atomic mass is 19.4. The van der Waals surface area contributed by atoms with Gasteiger partial charge in [0.2, 0.25) is 11.8 Å². The first-order chi connectivity index (χ1) is 15.1. The summed E-state index contributed by atoms with van der Waals surface area (Å²) in [5.74, 6) is -0.0937. The number of hydrogen-bond donors (Lipinski definition) is 1. The fourth-order valence-corrected chi connectivity index (χ4v) is 4.25. The lowest BCUT2D eigenvalue weighted by Gasteiger charge is -2.31. The Labute approximate surface area is 182 Å². The Hall–Kier alpha value is -2.95. The molecule has 1 unspecified atom stereocenters. The van der Waals surface area contributed by atoms with E-state index in [-0.39, 0.29) is 67.3 Å². The van der Waals surface area contributed by atoms with E-state index in [1.54, 1.807) is 4.90 Å². The van der Waals surface area contributed by atoms with Crippen LogP contribution in [0.15, 0.2) is 23.0 Å². The third kappa shape index (κ3) is 4.62. The molecule has 1 fully saturated rings. The lowest BCUT2D eigenvalue weighted by Crippen LogP contribution is -2.44. The number of fused-ring (bicyclic) bond motifs is 1. The average molecular weight is 451 g/mol. The van der Waals surface area contributed by atoms with Crippen LogP contribution in [0.2, 0.25) is 0 Å². The minimum absolute atomic E-state index is 0.000701. The molecule has 11 heteroatoms. The van der Waals surface area contributed by atoms with E-state index < -0.39 is 17.9 Å². The van der Waals surface area contributed by atoms with Crippen LogP contribution >= 0.6 is 0 Å². The number of hydrogen-bond acceptors (Lipinski definition) is 6. The molecule has 2 aliphatic heterocycles. The topological polar surface area (TPSA) is 106 Å². The average Bonchev–Trinajstić information content (AvgIpc) is 3.35. The number of rotatable bonds is 5. The summed E-state index contributed by atoms with van der Waals surface area (Å²) in [5, 5.41) is 0. The first kappa shape index (κ1) is 22.3. The van der Waals surface area contributed by atoms with Crippen LogP contribution in [0.25, 0.3) is 11.4 Å². The normalized spacial score (nSPS) is 19.9. The Morgan fingerprint density at radius 3 is 2.78 bits per heavy atom. The Balaban J connectivity index is 1.49. The van der Waals surface area contributed by atoms with Crippen molar-refractivity contribution in [1.82, 2.24) is 19.8 Å². The molecular weight excluding hydrogens is 427 g/mol. The highest BCUT2D eigenvalue weighted by molar-refractivity contribution is 5.79. The van der Waals surface area contributed by atoms with Gasteiger partial charge in [0.1, 0.15) is 6.26 Å². The van der Waals surface area contributed by atoms with E-state index in [1.807, 2.05) is 6.92 Å². The van der Waals surface area contributed by atoms with E-state index in [9.17, 15) is 22.8 Å². The molecule has 0 bridgehead atoms. The number of amides is 2. The number of halogens is 3. The van der Waals surface area contributed by atoms with Crippen LogP contribution in [0.1, 0.15) is 36.7 Å². The first-order valence-electron chi connectivity index (χ1n) is 10.4. The SMILES string of the molecule is CC1CC(=O)N(C[C@H](N)CC(=O)N2CCc3c(nc(-c4ccoc4)nc3C(F)(F)F)C2)C1. The van der Waals surface area contributed by atoms with Crippen LogP contribution in [0.5, 0.6) is 0 Å².